The van der Waals surface area contributed by atoms with Crippen molar-refractivity contribution in [3.8, 4) is 0 Å². The summed E-state index contributed by atoms with van der Waals surface area (Å²) >= 11 is 1.52. The zero-order valence-electron chi connectivity index (χ0n) is 9.88. The summed E-state index contributed by atoms with van der Waals surface area (Å²) in [6.45, 7) is 1.99. The number of nitrogens with zero attached hydrogens (tertiary/aromatic N) is 2. The lowest BCUT2D eigenvalue weighted by molar-refractivity contribution is 0.102. The average Bonchev–Trinajstić information content (AvgIpc) is 2.72. The van der Waals surface area contributed by atoms with Gasteiger partial charge in [0.25, 0.3) is 0 Å². The number of aromatic nitrogens is 2. The van der Waals surface area contributed by atoms with Gasteiger partial charge < -0.3 is 0 Å². The van der Waals surface area contributed by atoms with Crippen molar-refractivity contribution >= 4 is 17.5 Å². The molecule has 1 heterocycles. The topological polar surface area (TPSA) is 34.9 Å². The molecule has 0 amide bonds. The van der Waals surface area contributed by atoms with Gasteiger partial charge in [0, 0.05) is 23.7 Å². The Morgan fingerprint density at radius 1 is 1.47 bits per heavy atom. The third-order valence-electron chi connectivity index (χ3n) is 2.39. The molecule has 0 aliphatic heterocycles. The number of thioether (sulfide) groups is 1. The molecular weight excluding hydrogens is 232 g/mol. The first kappa shape index (κ1) is 11.9. The summed E-state index contributed by atoms with van der Waals surface area (Å²) in [7, 11) is 1.87. The van der Waals surface area contributed by atoms with Gasteiger partial charge in [0.05, 0.1) is 11.9 Å². The van der Waals surface area contributed by atoms with Gasteiger partial charge in [0.15, 0.2) is 5.78 Å². The van der Waals surface area contributed by atoms with Crippen LogP contribution in [0.4, 0.5) is 0 Å². The Bertz CT molecular complexity index is 534. The molecule has 0 radical (unpaired) electrons. The number of benzene rings is 1. The van der Waals surface area contributed by atoms with Crippen LogP contribution >= 0.6 is 11.8 Å². The van der Waals surface area contributed by atoms with E-state index in [2.05, 4.69) is 5.10 Å². The molecule has 88 valence electrons. The third kappa shape index (κ3) is 3.20. The summed E-state index contributed by atoms with van der Waals surface area (Å²) in [4.78, 5) is 13.0. The highest BCUT2D eigenvalue weighted by Crippen LogP contribution is 2.18. The van der Waals surface area contributed by atoms with Crippen molar-refractivity contribution in [2.45, 2.75) is 11.8 Å². The normalized spacial score (nSPS) is 10.5. The van der Waals surface area contributed by atoms with Crippen LogP contribution in [0.5, 0.6) is 0 Å². The number of carbonyl (C=O) groups excluding carboxylic acids is 1. The Hall–Kier alpha value is -1.55. The zero-order chi connectivity index (χ0) is 12.3. The first-order chi connectivity index (χ1) is 8.15. The number of rotatable bonds is 4. The molecular formula is C13H14N2OS. The molecule has 0 saturated carbocycles. The van der Waals surface area contributed by atoms with E-state index in [4.69, 9.17) is 0 Å². The Morgan fingerprint density at radius 3 is 2.94 bits per heavy atom. The van der Waals surface area contributed by atoms with Crippen molar-refractivity contribution in [1.82, 2.24) is 9.78 Å². The molecule has 0 spiro atoms. The van der Waals surface area contributed by atoms with Crippen LogP contribution in [0.1, 0.15) is 15.9 Å². The van der Waals surface area contributed by atoms with Gasteiger partial charge in [0.1, 0.15) is 0 Å². The summed E-state index contributed by atoms with van der Waals surface area (Å²) in [6, 6.07) is 7.69. The maximum Gasteiger partial charge on any atom is 0.173 e. The van der Waals surface area contributed by atoms with Crippen LogP contribution in [0.25, 0.3) is 0 Å². The van der Waals surface area contributed by atoms with Gasteiger partial charge in [-0.1, -0.05) is 23.8 Å². The molecule has 0 aliphatic carbocycles. The lowest BCUT2D eigenvalue weighted by Crippen LogP contribution is -2.02. The van der Waals surface area contributed by atoms with E-state index in [1.165, 1.54) is 11.8 Å². The van der Waals surface area contributed by atoms with E-state index in [0.717, 1.165) is 16.0 Å². The van der Waals surface area contributed by atoms with E-state index < -0.39 is 0 Å². The average molecular weight is 246 g/mol. The van der Waals surface area contributed by atoms with E-state index in [1.54, 1.807) is 10.9 Å². The van der Waals surface area contributed by atoms with E-state index in [-0.39, 0.29) is 5.78 Å². The zero-order valence-corrected chi connectivity index (χ0v) is 10.7. The number of aryl methyl sites for hydroxylation is 2. The molecule has 2 rings (SSSR count). The number of hydrogen-bond donors (Lipinski definition) is 0. The monoisotopic (exact) mass is 246 g/mol. The second kappa shape index (κ2) is 5.19. The van der Waals surface area contributed by atoms with Crippen molar-refractivity contribution < 1.29 is 4.79 Å². The quantitative estimate of drug-likeness (QED) is 0.614. The van der Waals surface area contributed by atoms with Crippen molar-refractivity contribution in [1.29, 1.82) is 0 Å². The van der Waals surface area contributed by atoms with Crippen molar-refractivity contribution in [2.24, 2.45) is 7.05 Å². The molecule has 1 aromatic carbocycles. The molecule has 0 N–H and O–H groups in total. The number of hydrogen-bond acceptors (Lipinski definition) is 3. The molecule has 0 unspecified atom stereocenters. The van der Waals surface area contributed by atoms with Gasteiger partial charge in [-0.05, 0) is 13.0 Å². The summed E-state index contributed by atoms with van der Waals surface area (Å²) in [6.07, 6.45) is 3.68. The summed E-state index contributed by atoms with van der Waals surface area (Å²) in [5, 5.41) is 4.07. The van der Waals surface area contributed by atoms with Crippen LogP contribution in [0.3, 0.4) is 0 Å². The van der Waals surface area contributed by atoms with E-state index >= 15 is 0 Å². The van der Waals surface area contributed by atoms with E-state index in [9.17, 15) is 4.79 Å². The Morgan fingerprint density at radius 2 is 2.29 bits per heavy atom. The van der Waals surface area contributed by atoms with Crippen molar-refractivity contribution in [3.05, 3.63) is 47.8 Å². The lowest BCUT2D eigenvalue weighted by atomic mass is 10.1. The van der Waals surface area contributed by atoms with Gasteiger partial charge in [-0.2, -0.15) is 5.10 Å². The molecule has 4 heteroatoms. The predicted octanol–water partition coefficient (Wildman–Crippen LogP) is 2.70. The first-order valence-corrected chi connectivity index (χ1v) is 6.35. The highest BCUT2D eigenvalue weighted by atomic mass is 32.2. The maximum absolute atomic E-state index is 11.9. The van der Waals surface area contributed by atoms with Crippen LogP contribution in [-0.4, -0.2) is 21.3 Å². The lowest BCUT2D eigenvalue weighted by Gasteiger charge is -2.00. The smallest absolute Gasteiger partial charge is 0.173 e. The third-order valence-corrected chi connectivity index (χ3v) is 3.34. The number of ketones is 1. The predicted molar refractivity (Wildman–Crippen MR) is 69.4 cm³/mol. The standard InChI is InChI=1S/C13H14N2OS/c1-10-4-3-5-11(6-10)13(16)9-17-12-7-14-15(2)8-12/h3-8H,9H2,1-2H3. The van der Waals surface area contributed by atoms with Crippen LogP contribution in [0, 0.1) is 6.92 Å². The molecule has 0 bridgehead atoms. The Balaban J connectivity index is 1.98. The van der Waals surface area contributed by atoms with Gasteiger partial charge in [-0.25, -0.2) is 0 Å². The molecule has 3 nitrogen and oxygen atoms in total. The maximum atomic E-state index is 11.9. The van der Waals surface area contributed by atoms with Gasteiger partial charge in [-0.15, -0.1) is 11.8 Å². The van der Waals surface area contributed by atoms with Gasteiger partial charge in [-0.3, -0.25) is 9.48 Å². The molecule has 0 atom stereocenters. The highest BCUT2D eigenvalue weighted by Gasteiger charge is 2.07. The molecule has 1 aromatic heterocycles. The molecule has 0 fully saturated rings. The van der Waals surface area contributed by atoms with Crippen molar-refractivity contribution in [2.75, 3.05) is 5.75 Å². The summed E-state index contributed by atoms with van der Waals surface area (Å²) < 4.78 is 1.74. The minimum Gasteiger partial charge on any atom is -0.293 e. The van der Waals surface area contributed by atoms with Crippen LogP contribution in [-0.2, 0) is 7.05 Å². The largest absolute Gasteiger partial charge is 0.293 e. The van der Waals surface area contributed by atoms with Crippen LogP contribution in [0.2, 0.25) is 0 Å². The Kier molecular flexibility index (Phi) is 3.64. The highest BCUT2D eigenvalue weighted by molar-refractivity contribution is 8.00. The van der Waals surface area contributed by atoms with E-state index in [1.807, 2.05) is 44.4 Å². The minimum absolute atomic E-state index is 0.155. The van der Waals surface area contributed by atoms with Gasteiger partial charge >= 0.3 is 0 Å². The second-order valence-corrected chi connectivity index (χ2v) is 4.98. The summed E-state index contributed by atoms with van der Waals surface area (Å²) in [5.41, 5.74) is 1.89. The van der Waals surface area contributed by atoms with Gasteiger partial charge in [0.2, 0.25) is 0 Å². The fourth-order valence-electron chi connectivity index (χ4n) is 1.52. The summed E-state index contributed by atoms with van der Waals surface area (Å²) in [5.74, 6) is 0.609. The van der Waals surface area contributed by atoms with Crippen molar-refractivity contribution in [3.63, 3.8) is 0 Å². The minimum atomic E-state index is 0.155. The van der Waals surface area contributed by atoms with Crippen LogP contribution in [0.15, 0.2) is 41.6 Å². The molecule has 2 aromatic rings. The van der Waals surface area contributed by atoms with Crippen LogP contribution < -0.4 is 0 Å². The SMILES string of the molecule is Cc1cccc(C(=O)CSc2cnn(C)c2)c1. The molecule has 0 saturated heterocycles. The Labute approximate surface area is 105 Å². The fraction of sp³-hybridized carbons (Fsp3) is 0.231. The van der Waals surface area contributed by atoms with E-state index in [0.29, 0.717) is 5.75 Å². The molecule has 0 aliphatic rings. The second-order valence-electron chi connectivity index (χ2n) is 3.93. The number of Topliss-reactive ketones (excluding diaryl/α,β-unsaturated/α-hetero) is 1. The number of carbonyl (C=O) groups is 1. The molecule has 17 heavy (non-hydrogen) atoms. The fourth-order valence-corrected chi connectivity index (χ4v) is 2.34. The first-order valence-electron chi connectivity index (χ1n) is 5.36.